The molecule has 0 aliphatic heterocycles. The predicted molar refractivity (Wildman–Crippen MR) is 245 cm³/mol. The normalized spacial score (nSPS) is 13.8. The van der Waals surface area contributed by atoms with E-state index in [-0.39, 0.29) is 0 Å². The topological polar surface area (TPSA) is 54.1 Å². The molecule has 0 bridgehead atoms. The number of hydrogen-bond acceptors (Lipinski definition) is 4. The molecule has 0 N–H and O–H groups in total. The van der Waals surface area contributed by atoms with E-state index in [4.69, 9.17) is 0 Å². The number of rotatable bonds is 8. The van der Waals surface area contributed by atoms with Crippen molar-refractivity contribution in [3.63, 3.8) is 0 Å². The van der Waals surface area contributed by atoms with E-state index in [1.165, 1.54) is 27.3 Å². The molecule has 0 saturated heterocycles. The zero-order valence-corrected chi connectivity index (χ0v) is 32.5. The lowest BCUT2D eigenvalue weighted by molar-refractivity contribution is 0.732. The number of benzene rings is 9. The number of allylic oxidation sites excluding steroid dienone is 3. The van der Waals surface area contributed by atoms with Crippen LogP contribution in [0.1, 0.15) is 30.0 Å². The van der Waals surface area contributed by atoms with Crippen LogP contribution in [-0.2, 0) is 0 Å². The van der Waals surface area contributed by atoms with Crippen molar-refractivity contribution in [3.8, 4) is 23.3 Å². The van der Waals surface area contributed by atoms with Crippen molar-refractivity contribution in [3.05, 3.63) is 217 Å². The minimum atomic E-state index is 0.391. The maximum Gasteiger partial charge on any atom is 0.0991 e. The molecule has 4 heteroatoms. The molecule has 1 aliphatic rings. The molecule has 0 fully saturated rings. The van der Waals surface area contributed by atoms with Crippen molar-refractivity contribution < 1.29 is 0 Å². The van der Waals surface area contributed by atoms with Crippen LogP contribution in [0.2, 0.25) is 0 Å². The lowest BCUT2D eigenvalue weighted by Crippen LogP contribution is -2.20. The van der Waals surface area contributed by atoms with Crippen LogP contribution in [0, 0.1) is 28.6 Å². The summed E-state index contributed by atoms with van der Waals surface area (Å²) >= 11 is 0. The van der Waals surface area contributed by atoms with Gasteiger partial charge < -0.3 is 9.80 Å². The number of nitrogens with zero attached hydrogens (tertiary/aromatic N) is 4. The molecule has 0 spiro atoms. The molecule has 0 amide bonds. The molecule has 1 unspecified atom stereocenters. The van der Waals surface area contributed by atoms with E-state index in [2.05, 4.69) is 181 Å². The van der Waals surface area contributed by atoms with E-state index in [1.54, 1.807) is 0 Å². The fraction of sp³-hybridized carbons (Fsp3) is 0.0545. The molecular weight excluding hydrogens is 717 g/mol. The molecule has 0 saturated carbocycles. The molecule has 4 nitrogen and oxygen atoms in total. The first-order valence-electron chi connectivity index (χ1n) is 20.0. The van der Waals surface area contributed by atoms with Crippen LogP contribution in [0.15, 0.2) is 200 Å². The van der Waals surface area contributed by atoms with Gasteiger partial charge >= 0.3 is 0 Å². The Balaban J connectivity index is 1.23. The van der Waals surface area contributed by atoms with E-state index in [0.29, 0.717) is 17.0 Å². The molecule has 9 aromatic carbocycles. The van der Waals surface area contributed by atoms with E-state index >= 15 is 0 Å². The third kappa shape index (κ3) is 6.25. The fourth-order valence-electron chi connectivity index (χ4n) is 8.80. The van der Waals surface area contributed by atoms with Gasteiger partial charge in [0.2, 0.25) is 0 Å². The third-order valence-electron chi connectivity index (χ3n) is 11.6. The van der Waals surface area contributed by atoms with Gasteiger partial charge in [-0.2, -0.15) is 10.5 Å². The van der Waals surface area contributed by atoms with Crippen LogP contribution >= 0.6 is 0 Å². The van der Waals surface area contributed by atoms with E-state index in [1.807, 2.05) is 42.5 Å². The Morgan fingerprint density at radius 1 is 0.475 bits per heavy atom. The van der Waals surface area contributed by atoms with Crippen LogP contribution in [-0.4, -0.2) is 0 Å². The van der Waals surface area contributed by atoms with Gasteiger partial charge in [-0.15, -0.1) is 0 Å². The van der Waals surface area contributed by atoms with E-state index in [0.717, 1.165) is 67.8 Å². The first-order chi connectivity index (χ1) is 29.1. The second kappa shape index (κ2) is 14.9. The minimum Gasteiger partial charge on any atom is -0.310 e. The summed E-state index contributed by atoms with van der Waals surface area (Å²) in [5.74, 6) is 0.391. The standard InChI is InChI=1S/C55H38N4/c1-37-16-31-53(49(34-37)41-12-6-3-7-13-41)59(45-27-19-39(36-57)20-28-45)52-33-24-43-21-29-47-51(32-23-42-22-30-48(52)55(43)54(42)47)58(44-25-17-38(35-56)18-26-44)50-15-9-8-14-46(50)40-10-4-2-5-11-40/h2-15,17-34,37H,16H2,1H3. The Bertz CT molecular complexity index is 3150. The summed E-state index contributed by atoms with van der Waals surface area (Å²) in [5, 5.41) is 26.5. The van der Waals surface area contributed by atoms with Gasteiger partial charge in [0.05, 0.1) is 40.3 Å². The highest BCUT2D eigenvalue weighted by molar-refractivity contribution is 6.28. The van der Waals surface area contributed by atoms with E-state index < -0.39 is 0 Å². The van der Waals surface area contributed by atoms with Crippen molar-refractivity contribution in [2.75, 3.05) is 9.80 Å². The van der Waals surface area contributed by atoms with Crippen LogP contribution < -0.4 is 9.80 Å². The summed E-state index contributed by atoms with van der Waals surface area (Å²) < 4.78 is 0. The molecule has 278 valence electrons. The average Bonchev–Trinajstić information content (AvgIpc) is 3.30. The SMILES string of the molecule is CC1C=C(c2ccccc2)C(N(c2ccc(C#N)cc2)c2ccc3ccc4c(N(c5ccc(C#N)cc5)c5ccccc5-c5ccccc5)ccc5ccc2c3c54)=CC1. The minimum absolute atomic E-state index is 0.391. The predicted octanol–water partition coefficient (Wildman–Crippen LogP) is 14.6. The molecule has 1 atom stereocenters. The van der Waals surface area contributed by atoms with Gasteiger partial charge in [0.1, 0.15) is 0 Å². The van der Waals surface area contributed by atoms with Crippen molar-refractivity contribution in [2.45, 2.75) is 13.3 Å². The Labute approximate surface area is 344 Å². The lowest BCUT2D eigenvalue weighted by Gasteiger charge is -2.34. The molecule has 10 rings (SSSR count). The molecule has 0 heterocycles. The molecule has 1 aliphatic carbocycles. The largest absolute Gasteiger partial charge is 0.310 e. The zero-order valence-electron chi connectivity index (χ0n) is 32.5. The third-order valence-corrected chi connectivity index (χ3v) is 11.6. The smallest absolute Gasteiger partial charge is 0.0991 e. The van der Waals surface area contributed by atoms with Crippen molar-refractivity contribution in [1.29, 1.82) is 10.5 Å². The van der Waals surface area contributed by atoms with E-state index in [9.17, 15) is 10.5 Å². The second-order valence-electron chi connectivity index (χ2n) is 15.2. The van der Waals surface area contributed by atoms with Crippen molar-refractivity contribution in [2.24, 2.45) is 5.92 Å². The van der Waals surface area contributed by atoms with Crippen LogP contribution in [0.25, 0.3) is 49.0 Å². The van der Waals surface area contributed by atoms with Crippen molar-refractivity contribution in [1.82, 2.24) is 0 Å². The summed E-state index contributed by atoms with van der Waals surface area (Å²) in [6, 6.07) is 68.2. The number of para-hydroxylation sites is 1. The van der Waals surface area contributed by atoms with Gasteiger partial charge in [0, 0.05) is 39.0 Å². The van der Waals surface area contributed by atoms with Gasteiger partial charge in [-0.1, -0.05) is 134 Å². The summed E-state index contributed by atoms with van der Waals surface area (Å²) in [7, 11) is 0. The first-order valence-corrected chi connectivity index (χ1v) is 20.0. The van der Waals surface area contributed by atoms with Gasteiger partial charge in [-0.25, -0.2) is 0 Å². The Morgan fingerprint density at radius 3 is 1.54 bits per heavy atom. The number of anilines is 5. The van der Waals surface area contributed by atoms with Crippen molar-refractivity contribution >= 4 is 66.3 Å². The summed E-state index contributed by atoms with van der Waals surface area (Å²) in [4.78, 5) is 4.72. The van der Waals surface area contributed by atoms with Gasteiger partial charge in [-0.05, 0) is 112 Å². The van der Waals surface area contributed by atoms with Crippen LogP contribution in [0.5, 0.6) is 0 Å². The highest BCUT2D eigenvalue weighted by Gasteiger charge is 2.26. The second-order valence-corrected chi connectivity index (χ2v) is 15.2. The number of hydrogen-bond donors (Lipinski definition) is 0. The summed E-state index contributed by atoms with van der Waals surface area (Å²) in [6.45, 7) is 2.27. The summed E-state index contributed by atoms with van der Waals surface area (Å²) in [5.41, 5.74) is 12.1. The average molecular weight is 755 g/mol. The molecule has 9 aromatic rings. The highest BCUT2D eigenvalue weighted by atomic mass is 15.2. The van der Waals surface area contributed by atoms with Gasteiger partial charge in [-0.3, -0.25) is 0 Å². The van der Waals surface area contributed by atoms with Crippen LogP contribution in [0.4, 0.5) is 28.4 Å². The maximum absolute atomic E-state index is 9.75. The fourth-order valence-corrected chi connectivity index (χ4v) is 8.80. The highest BCUT2D eigenvalue weighted by Crippen LogP contribution is 2.49. The molecule has 0 radical (unpaired) electrons. The lowest BCUT2D eigenvalue weighted by atomic mass is 9.88. The molecular formula is C55H38N4. The Kier molecular flexibility index (Phi) is 8.94. The summed E-state index contributed by atoms with van der Waals surface area (Å²) in [6.07, 6.45) is 5.69. The van der Waals surface area contributed by atoms with Gasteiger partial charge in [0.25, 0.3) is 0 Å². The van der Waals surface area contributed by atoms with Gasteiger partial charge in [0.15, 0.2) is 0 Å². The Hall–Kier alpha value is -7.92. The molecule has 0 aromatic heterocycles. The Morgan fingerprint density at radius 2 is 0.966 bits per heavy atom. The maximum atomic E-state index is 9.75. The number of nitriles is 2. The monoisotopic (exact) mass is 754 g/mol. The molecule has 59 heavy (non-hydrogen) atoms. The van der Waals surface area contributed by atoms with Crippen LogP contribution in [0.3, 0.4) is 0 Å². The first kappa shape index (κ1) is 35.5. The quantitative estimate of drug-likeness (QED) is 0.145. The zero-order chi connectivity index (χ0) is 39.9.